The predicted octanol–water partition coefficient (Wildman–Crippen LogP) is 4.74. The molecule has 0 spiro atoms. The number of aromatic amines is 1. The molecule has 0 bridgehead atoms. The van der Waals surface area contributed by atoms with Crippen LogP contribution in [0.5, 0.6) is 5.88 Å². The minimum Gasteiger partial charge on any atom is -0.357 e. The molecule has 9 nitrogen and oxygen atoms in total. The van der Waals surface area contributed by atoms with E-state index in [4.69, 9.17) is 15.8 Å². The molecule has 12 heteroatoms. The Morgan fingerprint density at radius 1 is 1.09 bits per heavy atom. The molecule has 4 heterocycles. The highest BCUT2D eigenvalue weighted by atomic mass is 35.5. The Bertz CT molecular complexity index is 1640. The lowest BCUT2D eigenvalue weighted by Gasteiger charge is -2.09. The summed E-state index contributed by atoms with van der Waals surface area (Å²) in [5.74, 6) is -0.150. The molecular formula is C22H17ClN6O3S2. The van der Waals surface area contributed by atoms with Gasteiger partial charge in [-0.1, -0.05) is 36.2 Å². The van der Waals surface area contributed by atoms with Gasteiger partial charge in [-0.3, -0.25) is 4.98 Å². The maximum absolute atomic E-state index is 13.0. The van der Waals surface area contributed by atoms with Gasteiger partial charge in [0.1, 0.15) is 21.4 Å². The van der Waals surface area contributed by atoms with Crippen LogP contribution in [-0.4, -0.2) is 38.3 Å². The third-order valence-corrected chi connectivity index (χ3v) is 7.44. The number of hydrogen-bond donors (Lipinski definition) is 1. The van der Waals surface area contributed by atoms with Crippen molar-refractivity contribution in [1.29, 1.82) is 0 Å². The second-order valence-electron chi connectivity index (χ2n) is 7.33. The highest BCUT2D eigenvalue weighted by Crippen LogP contribution is 2.37. The lowest BCUT2D eigenvalue weighted by molar-refractivity contribution is 0.476. The van der Waals surface area contributed by atoms with E-state index in [1.165, 1.54) is 23.9 Å². The van der Waals surface area contributed by atoms with E-state index in [2.05, 4.69) is 29.9 Å². The molecule has 0 aliphatic heterocycles. The maximum Gasteiger partial charge on any atom is 0.340 e. The molecule has 34 heavy (non-hydrogen) atoms. The minimum atomic E-state index is -4.16. The smallest absolute Gasteiger partial charge is 0.340 e. The lowest BCUT2D eigenvalue weighted by Crippen LogP contribution is -2.11. The number of nitrogens with one attached hydrogen (secondary N) is 1. The van der Waals surface area contributed by atoms with Crippen molar-refractivity contribution in [3.05, 3.63) is 65.2 Å². The van der Waals surface area contributed by atoms with Crippen molar-refractivity contribution < 1.29 is 12.6 Å². The summed E-state index contributed by atoms with van der Waals surface area (Å²) in [5, 5.41) is 0.888. The molecular weight excluding hydrogens is 496 g/mol. The summed E-state index contributed by atoms with van der Waals surface area (Å²) in [4.78, 5) is 25.5. The van der Waals surface area contributed by atoms with Gasteiger partial charge in [0.15, 0.2) is 10.8 Å². The van der Waals surface area contributed by atoms with Crippen LogP contribution in [0.1, 0.15) is 18.2 Å². The predicted molar refractivity (Wildman–Crippen MR) is 129 cm³/mol. The Kier molecular flexibility index (Phi) is 5.84. The molecule has 4 aromatic heterocycles. The van der Waals surface area contributed by atoms with Crippen molar-refractivity contribution in [2.75, 3.05) is 0 Å². The molecule has 172 valence electrons. The number of pyridine rings is 1. The number of nitrogens with zero attached hydrogens (tertiary/aromatic N) is 5. The zero-order valence-corrected chi connectivity index (χ0v) is 20.4. The number of H-pyrrole nitrogens is 1. The van der Waals surface area contributed by atoms with Gasteiger partial charge < -0.3 is 9.17 Å². The third kappa shape index (κ3) is 4.29. The SMILES string of the molecule is CCc1[nH]c2nc(Sc3cnc4nccnc4c3)nc(OS(=O)(=O)c3ccc(C)cc3)c2c1Cl. The van der Waals surface area contributed by atoms with Crippen molar-refractivity contribution in [1.82, 2.24) is 29.9 Å². The zero-order chi connectivity index (χ0) is 23.9. The number of benzene rings is 1. The number of hydrogen-bond acceptors (Lipinski definition) is 9. The number of halogens is 1. The molecule has 1 N–H and O–H groups in total. The van der Waals surface area contributed by atoms with Crippen LogP contribution in [0.4, 0.5) is 0 Å². The Labute approximate surface area is 204 Å². The van der Waals surface area contributed by atoms with Gasteiger partial charge in [0.05, 0.1) is 5.02 Å². The Morgan fingerprint density at radius 3 is 2.62 bits per heavy atom. The average Bonchev–Trinajstić information content (AvgIpc) is 3.14. The quantitative estimate of drug-likeness (QED) is 0.253. The molecule has 0 saturated carbocycles. The molecule has 0 unspecified atom stereocenters. The molecule has 0 radical (unpaired) electrons. The molecule has 0 atom stereocenters. The molecule has 0 saturated heterocycles. The van der Waals surface area contributed by atoms with Crippen LogP contribution in [0.15, 0.2) is 63.9 Å². The van der Waals surface area contributed by atoms with Gasteiger partial charge in [-0.2, -0.15) is 13.4 Å². The first-order chi connectivity index (χ1) is 16.3. The summed E-state index contributed by atoms with van der Waals surface area (Å²) >= 11 is 7.71. The number of aryl methyl sites for hydroxylation is 2. The summed E-state index contributed by atoms with van der Waals surface area (Å²) in [6.45, 7) is 3.79. The van der Waals surface area contributed by atoms with Gasteiger partial charge in [0, 0.05) is 29.2 Å². The van der Waals surface area contributed by atoms with Crippen molar-refractivity contribution >= 4 is 55.7 Å². The van der Waals surface area contributed by atoms with Crippen LogP contribution in [0, 0.1) is 6.92 Å². The summed E-state index contributed by atoms with van der Waals surface area (Å²) in [5.41, 5.74) is 3.13. The molecule has 0 amide bonds. The number of fused-ring (bicyclic) bond motifs is 2. The Hall–Kier alpha value is -3.28. The first kappa shape index (κ1) is 22.5. The summed E-state index contributed by atoms with van der Waals surface area (Å²) < 4.78 is 31.5. The van der Waals surface area contributed by atoms with E-state index in [9.17, 15) is 8.42 Å². The van der Waals surface area contributed by atoms with Gasteiger partial charge in [-0.05, 0) is 43.3 Å². The van der Waals surface area contributed by atoms with Crippen LogP contribution in [0.2, 0.25) is 5.02 Å². The first-order valence-corrected chi connectivity index (χ1v) is 12.8. The summed E-state index contributed by atoms with van der Waals surface area (Å²) in [6, 6.07) is 8.16. The Morgan fingerprint density at radius 2 is 1.85 bits per heavy atom. The van der Waals surface area contributed by atoms with Crippen molar-refractivity contribution in [3.63, 3.8) is 0 Å². The zero-order valence-electron chi connectivity index (χ0n) is 18.0. The van der Waals surface area contributed by atoms with Crippen molar-refractivity contribution in [2.45, 2.75) is 35.2 Å². The molecule has 0 fully saturated rings. The van der Waals surface area contributed by atoms with E-state index in [0.29, 0.717) is 44.2 Å². The molecule has 0 aliphatic carbocycles. The van der Waals surface area contributed by atoms with E-state index >= 15 is 0 Å². The van der Waals surface area contributed by atoms with E-state index < -0.39 is 10.1 Å². The normalized spacial score (nSPS) is 11.9. The summed E-state index contributed by atoms with van der Waals surface area (Å²) in [6.07, 6.45) is 5.36. The van der Waals surface area contributed by atoms with Gasteiger partial charge in [-0.25, -0.2) is 15.0 Å². The standard InChI is InChI=1S/C22H17ClN6O3S2/c1-3-15-18(23)17-20(27-15)28-22(33-13-10-16-19(26-11-13)25-9-8-24-16)29-21(17)32-34(30,31)14-6-4-12(2)5-7-14/h4-11H,3H2,1-2H3,(H,27,28,29). The second-order valence-corrected chi connectivity index (χ2v) is 10.3. The van der Waals surface area contributed by atoms with E-state index in [-0.39, 0.29) is 15.9 Å². The largest absolute Gasteiger partial charge is 0.357 e. The highest BCUT2D eigenvalue weighted by Gasteiger charge is 2.24. The van der Waals surface area contributed by atoms with Gasteiger partial charge >= 0.3 is 10.1 Å². The monoisotopic (exact) mass is 512 g/mol. The van der Waals surface area contributed by atoms with Crippen LogP contribution >= 0.6 is 23.4 Å². The average molecular weight is 513 g/mol. The fourth-order valence-electron chi connectivity index (χ4n) is 3.26. The van der Waals surface area contributed by atoms with E-state index in [1.54, 1.807) is 36.8 Å². The fraction of sp³-hybridized carbons (Fsp3) is 0.136. The van der Waals surface area contributed by atoms with Crippen molar-refractivity contribution in [3.8, 4) is 5.88 Å². The minimum absolute atomic E-state index is 0.0127. The van der Waals surface area contributed by atoms with E-state index in [1.807, 2.05) is 13.8 Å². The molecule has 5 aromatic rings. The molecule has 1 aromatic carbocycles. The van der Waals surface area contributed by atoms with Gasteiger partial charge in [0.2, 0.25) is 5.88 Å². The maximum atomic E-state index is 13.0. The number of aromatic nitrogens is 6. The number of rotatable bonds is 6. The first-order valence-electron chi connectivity index (χ1n) is 10.2. The van der Waals surface area contributed by atoms with Crippen LogP contribution in [0.3, 0.4) is 0 Å². The van der Waals surface area contributed by atoms with Crippen LogP contribution < -0.4 is 4.18 Å². The van der Waals surface area contributed by atoms with E-state index in [0.717, 1.165) is 5.56 Å². The van der Waals surface area contributed by atoms with Crippen LogP contribution in [0.25, 0.3) is 22.2 Å². The second kappa shape index (κ2) is 8.82. The fourth-order valence-corrected chi connectivity index (χ4v) is 5.26. The highest BCUT2D eigenvalue weighted by molar-refractivity contribution is 7.99. The summed E-state index contributed by atoms with van der Waals surface area (Å²) in [7, 11) is -4.16. The molecule has 0 aliphatic rings. The van der Waals surface area contributed by atoms with Gasteiger partial charge in [-0.15, -0.1) is 0 Å². The topological polar surface area (TPSA) is 124 Å². The molecule has 5 rings (SSSR count). The van der Waals surface area contributed by atoms with Gasteiger partial charge in [0.25, 0.3) is 0 Å². The van der Waals surface area contributed by atoms with Crippen molar-refractivity contribution in [2.24, 2.45) is 0 Å². The third-order valence-electron chi connectivity index (χ3n) is 4.97. The van der Waals surface area contributed by atoms with Crippen LogP contribution in [-0.2, 0) is 16.5 Å². The Balaban J connectivity index is 1.59. The lowest BCUT2D eigenvalue weighted by atomic mass is 10.2.